The maximum Gasteiger partial charge on any atom is 0.328 e. The van der Waals surface area contributed by atoms with E-state index in [9.17, 15) is 18.8 Å². The smallest absolute Gasteiger partial charge is 0.300 e. The van der Waals surface area contributed by atoms with Crippen molar-refractivity contribution in [2.75, 3.05) is 5.32 Å². The normalized spacial score (nSPS) is 10.8. The summed E-state index contributed by atoms with van der Waals surface area (Å²) in [7, 11) is 0. The molecule has 0 fully saturated rings. The van der Waals surface area contributed by atoms with Crippen LogP contribution in [-0.2, 0) is 17.1 Å². The van der Waals surface area contributed by atoms with E-state index in [-0.39, 0.29) is 24.7 Å². The van der Waals surface area contributed by atoms with Crippen LogP contribution in [0.5, 0.6) is 0 Å². The first-order valence-electron chi connectivity index (χ1n) is 7.91. The van der Waals surface area contributed by atoms with Crippen molar-refractivity contribution in [3.8, 4) is 0 Å². The average molecular weight is 486 g/mol. The van der Waals surface area contributed by atoms with Gasteiger partial charge < -0.3 is 9.88 Å². The number of thioether (sulfide) groups is 1. The molecule has 3 aromatic rings. The summed E-state index contributed by atoms with van der Waals surface area (Å²) in [6.07, 6.45) is 1.35. The number of halogens is 2. The van der Waals surface area contributed by atoms with Gasteiger partial charge >= 0.3 is 5.69 Å². The van der Waals surface area contributed by atoms with Crippen molar-refractivity contribution in [2.45, 2.75) is 23.1 Å². The number of nitrogens with one attached hydrogen (secondary N) is 2. The lowest BCUT2D eigenvalue weighted by atomic mass is 10.2. The number of nitrogens with zero attached hydrogens (tertiary/aromatic N) is 3. The number of aryl methyl sites for hydroxylation is 1. The van der Waals surface area contributed by atoms with E-state index in [0.29, 0.717) is 25.3 Å². The average Bonchev–Trinajstić information content (AvgIpc) is 3.09. The van der Waals surface area contributed by atoms with Gasteiger partial charge in [0.05, 0.1) is 4.47 Å². The summed E-state index contributed by atoms with van der Waals surface area (Å²) in [6.45, 7) is 0.115. The molecule has 0 aliphatic carbocycles. The monoisotopic (exact) mass is 485 g/mol. The molecule has 146 valence electrons. The van der Waals surface area contributed by atoms with Gasteiger partial charge in [0.15, 0.2) is 4.34 Å². The second kappa shape index (κ2) is 9.26. The van der Waals surface area contributed by atoms with Crippen LogP contribution >= 0.6 is 39.0 Å². The third-order valence-electron chi connectivity index (χ3n) is 3.51. The third-order valence-corrected chi connectivity index (χ3v) is 6.15. The molecule has 0 bridgehead atoms. The van der Waals surface area contributed by atoms with Gasteiger partial charge in [-0.05, 0) is 27.6 Å². The summed E-state index contributed by atoms with van der Waals surface area (Å²) < 4.78 is 16.2. The van der Waals surface area contributed by atoms with Crippen LogP contribution in [0.1, 0.15) is 12.0 Å². The van der Waals surface area contributed by atoms with E-state index in [2.05, 4.69) is 36.4 Å². The topological polar surface area (TPSA) is 110 Å². The van der Waals surface area contributed by atoms with Gasteiger partial charge in [-0.1, -0.05) is 35.2 Å². The predicted octanol–water partition coefficient (Wildman–Crippen LogP) is 2.61. The molecule has 12 heteroatoms. The lowest BCUT2D eigenvalue weighted by Crippen LogP contribution is -2.29. The third kappa shape index (κ3) is 5.36. The minimum absolute atomic E-state index is 0.0251. The quantitative estimate of drug-likeness (QED) is 0.393. The lowest BCUT2D eigenvalue weighted by molar-refractivity contribution is -0.116. The van der Waals surface area contributed by atoms with Crippen LogP contribution in [0.15, 0.2) is 48.9 Å². The fraction of sp³-hybridized carbons (Fsp3) is 0.188. The molecular formula is C16H13BrFN5O3S2. The highest BCUT2D eigenvalue weighted by Gasteiger charge is 2.11. The highest BCUT2D eigenvalue weighted by Crippen LogP contribution is 2.30. The molecular weight excluding hydrogens is 473 g/mol. The summed E-state index contributed by atoms with van der Waals surface area (Å²) >= 11 is 5.63. The predicted molar refractivity (Wildman–Crippen MR) is 108 cm³/mol. The largest absolute Gasteiger partial charge is 0.328 e. The first-order valence-corrected chi connectivity index (χ1v) is 10.5. The van der Waals surface area contributed by atoms with E-state index < -0.39 is 11.2 Å². The Labute approximate surface area is 174 Å². The van der Waals surface area contributed by atoms with E-state index >= 15 is 0 Å². The summed E-state index contributed by atoms with van der Waals surface area (Å²) in [5.74, 6) is -0.280. The highest BCUT2D eigenvalue weighted by molar-refractivity contribution is 9.10. The van der Waals surface area contributed by atoms with E-state index in [1.807, 2.05) is 0 Å². The SMILES string of the molecule is O=C(CCn1ccc(=O)[nH]c1=O)Nc1nnc(SCc2cccc(Br)c2F)s1. The Kier molecular flexibility index (Phi) is 6.75. The van der Waals surface area contributed by atoms with Crippen molar-refractivity contribution in [3.05, 3.63) is 67.2 Å². The van der Waals surface area contributed by atoms with Crippen molar-refractivity contribution in [1.29, 1.82) is 0 Å². The second-order valence-electron chi connectivity index (χ2n) is 5.48. The Morgan fingerprint density at radius 2 is 2.14 bits per heavy atom. The van der Waals surface area contributed by atoms with Crippen LogP contribution < -0.4 is 16.6 Å². The van der Waals surface area contributed by atoms with Crippen molar-refractivity contribution >= 4 is 50.1 Å². The number of carbonyl (C=O) groups excluding carboxylic acids is 1. The maximum absolute atomic E-state index is 14.0. The van der Waals surface area contributed by atoms with Crippen molar-refractivity contribution in [1.82, 2.24) is 19.7 Å². The number of carbonyl (C=O) groups is 1. The highest BCUT2D eigenvalue weighted by atomic mass is 79.9. The number of rotatable bonds is 7. The molecule has 3 rings (SSSR count). The first-order chi connectivity index (χ1) is 13.4. The first kappa shape index (κ1) is 20.4. The molecule has 0 saturated heterocycles. The Morgan fingerprint density at radius 1 is 1.32 bits per heavy atom. The summed E-state index contributed by atoms with van der Waals surface area (Å²) in [5.41, 5.74) is -0.534. The van der Waals surface area contributed by atoms with Crippen molar-refractivity contribution in [3.63, 3.8) is 0 Å². The van der Waals surface area contributed by atoms with Crippen LogP contribution in [0.2, 0.25) is 0 Å². The van der Waals surface area contributed by atoms with Crippen LogP contribution in [0, 0.1) is 5.82 Å². The molecule has 2 aromatic heterocycles. The van der Waals surface area contributed by atoms with Gasteiger partial charge in [-0.15, -0.1) is 10.2 Å². The minimum atomic E-state index is -0.574. The molecule has 2 N–H and O–H groups in total. The fourth-order valence-electron chi connectivity index (χ4n) is 2.14. The summed E-state index contributed by atoms with van der Waals surface area (Å²) in [4.78, 5) is 36.7. The Morgan fingerprint density at radius 3 is 2.93 bits per heavy atom. The molecule has 0 spiro atoms. The van der Waals surface area contributed by atoms with Gasteiger partial charge in [-0.25, -0.2) is 9.18 Å². The van der Waals surface area contributed by atoms with Crippen LogP contribution in [0.25, 0.3) is 0 Å². The number of aromatic amines is 1. The molecule has 8 nitrogen and oxygen atoms in total. The zero-order valence-corrected chi connectivity index (χ0v) is 17.4. The summed E-state index contributed by atoms with van der Waals surface area (Å²) in [5, 5.41) is 10.8. The van der Waals surface area contributed by atoms with Crippen LogP contribution in [-0.4, -0.2) is 25.7 Å². The zero-order chi connectivity index (χ0) is 20.1. The molecule has 0 atom stereocenters. The number of anilines is 1. The Hall–Kier alpha value is -2.31. The summed E-state index contributed by atoms with van der Waals surface area (Å²) in [6, 6.07) is 6.28. The van der Waals surface area contributed by atoms with Crippen LogP contribution in [0.3, 0.4) is 0 Å². The van der Waals surface area contributed by atoms with Gasteiger partial charge in [0.1, 0.15) is 5.82 Å². The van der Waals surface area contributed by atoms with Crippen molar-refractivity contribution < 1.29 is 9.18 Å². The standard InChI is InChI=1S/C16H13BrFN5O3S2/c17-10-3-1-2-9(13(10)18)8-27-16-22-21-14(28-16)19-11(24)4-6-23-7-5-12(25)20-15(23)26/h1-3,5,7H,4,6,8H2,(H,19,21,24)(H,20,25,26). The molecule has 1 amide bonds. The van der Waals surface area contributed by atoms with E-state index in [1.54, 1.807) is 18.2 Å². The molecule has 28 heavy (non-hydrogen) atoms. The molecule has 2 heterocycles. The minimum Gasteiger partial charge on any atom is -0.300 e. The number of H-pyrrole nitrogens is 1. The molecule has 0 saturated carbocycles. The Balaban J connectivity index is 1.52. The zero-order valence-electron chi connectivity index (χ0n) is 14.1. The van der Waals surface area contributed by atoms with E-state index in [4.69, 9.17) is 0 Å². The maximum atomic E-state index is 14.0. The van der Waals surface area contributed by atoms with Crippen molar-refractivity contribution in [2.24, 2.45) is 0 Å². The number of hydrogen-bond acceptors (Lipinski definition) is 7. The van der Waals surface area contributed by atoms with Gasteiger partial charge in [0.2, 0.25) is 11.0 Å². The molecule has 0 radical (unpaired) electrons. The number of aromatic nitrogens is 4. The molecule has 0 unspecified atom stereocenters. The van der Waals surface area contributed by atoms with Gasteiger partial charge in [-0.2, -0.15) is 0 Å². The van der Waals surface area contributed by atoms with E-state index in [0.717, 1.165) is 0 Å². The van der Waals surface area contributed by atoms with Gasteiger partial charge in [0.25, 0.3) is 5.56 Å². The Bertz CT molecular complexity index is 1110. The van der Waals surface area contributed by atoms with Gasteiger partial charge in [0, 0.05) is 31.0 Å². The van der Waals surface area contributed by atoms with Gasteiger partial charge in [-0.3, -0.25) is 14.6 Å². The number of hydrogen-bond donors (Lipinski definition) is 2. The van der Waals surface area contributed by atoms with Crippen LogP contribution in [0.4, 0.5) is 9.52 Å². The number of amides is 1. The fourth-order valence-corrected chi connectivity index (χ4v) is 4.29. The van der Waals surface area contributed by atoms with E-state index in [1.165, 1.54) is 39.9 Å². The second-order valence-corrected chi connectivity index (χ2v) is 8.53. The molecule has 0 aliphatic heterocycles. The lowest BCUT2D eigenvalue weighted by Gasteiger charge is -2.04. The number of benzene rings is 1. The molecule has 1 aromatic carbocycles. The molecule has 0 aliphatic rings.